The average molecular weight is 427 g/mol. The Morgan fingerprint density at radius 1 is 0.966 bits per heavy atom. The lowest BCUT2D eigenvalue weighted by atomic mass is 10.1. The summed E-state index contributed by atoms with van der Waals surface area (Å²) in [6, 6.07) is 20.9. The van der Waals surface area contributed by atoms with Crippen LogP contribution < -0.4 is 10.0 Å². The molecule has 150 valence electrons. The quantitative estimate of drug-likeness (QED) is 0.512. The molecule has 0 bridgehead atoms. The Morgan fingerprint density at radius 2 is 1.66 bits per heavy atom. The van der Waals surface area contributed by atoms with Crippen LogP contribution in [0.25, 0.3) is 0 Å². The van der Waals surface area contributed by atoms with Crippen molar-refractivity contribution in [2.45, 2.75) is 23.6 Å². The molecule has 5 nitrogen and oxygen atoms in total. The molecule has 0 aromatic heterocycles. The van der Waals surface area contributed by atoms with Gasteiger partial charge in [-0.2, -0.15) is 0 Å². The van der Waals surface area contributed by atoms with Gasteiger partial charge in [0.15, 0.2) is 0 Å². The molecule has 0 radical (unpaired) electrons. The maximum absolute atomic E-state index is 12.8. The zero-order chi connectivity index (χ0) is 20.9. The van der Waals surface area contributed by atoms with Gasteiger partial charge in [0.2, 0.25) is 0 Å². The van der Waals surface area contributed by atoms with Crippen LogP contribution in [0.3, 0.4) is 0 Å². The number of thioether (sulfide) groups is 1. The molecule has 29 heavy (non-hydrogen) atoms. The maximum atomic E-state index is 12.8. The second kappa shape index (κ2) is 9.15. The third-order valence-corrected chi connectivity index (χ3v) is 6.68. The minimum Gasteiger partial charge on any atom is -0.321 e. The van der Waals surface area contributed by atoms with Crippen LogP contribution in [0, 0.1) is 6.92 Å². The predicted molar refractivity (Wildman–Crippen MR) is 119 cm³/mol. The number of amides is 1. The normalized spacial score (nSPS) is 11.1. The molecule has 0 atom stereocenters. The first-order valence-electron chi connectivity index (χ1n) is 9.12. The van der Waals surface area contributed by atoms with Crippen molar-refractivity contribution in [3.63, 3.8) is 0 Å². The predicted octanol–water partition coefficient (Wildman–Crippen LogP) is 5.16. The van der Waals surface area contributed by atoms with E-state index < -0.39 is 10.0 Å². The number of sulfonamides is 1. The summed E-state index contributed by atoms with van der Waals surface area (Å²) >= 11 is 1.63. The summed E-state index contributed by atoms with van der Waals surface area (Å²) in [6.45, 7) is 3.74. The van der Waals surface area contributed by atoms with Crippen molar-refractivity contribution in [1.29, 1.82) is 0 Å². The van der Waals surface area contributed by atoms with Crippen LogP contribution in [0.5, 0.6) is 0 Å². The lowest BCUT2D eigenvalue weighted by molar-refractivity contribution is 0.102. The van der Waals surface area contributed by atoms with Crippen LogP contribution >= 0.6 is 11.8 Å². The molecule has 2 N–H and O–H groups in total. The minimum absolute atomic E-state index is 0.0743. The molecule has 0 spiro atoms. The Hall–Kier alpha value is -2.77. The summed E-state index contributed by atoms with van der Waals surface area (Å²) in [5, 5.41) is 2.88. The smallest absolute Gasteiger partial charge is 0.262 e. The molecule has 0 heterocycles. The van der Waals surface area contributed by atoms with E-state index in [1.54, 1.807) is 55.1 Å². The van der Waals surface area contributed by atoms with Gasteiger partial charge < -0.3 is 5.32 Å². The van der Waals surface area contributed by atoms with Gasteiger partial charge in [-0.3, -0.25) is 9.52 Å². The van der Waals surface area contributed by atoms with Crippen LogP contribution in [-0.4, -0.2) is 20.1 Å². The zero-order valence-electron chi connectivity index (χ0n) is 16.2. The first-order valence-corrected chi connectivity index (χ1v) is 11.6. The molecule has 3 rings (SSSR count). The van der Waals surface area contributed by atoms with Gasteiger partial charge in [0.25, 0.3) is 15.9 Å². The number of hydrogen-bond acceptors (Lipinski definition) is 4. The van der Waals surface area contributed by atoms with Crippen LogP contribution in [0.15, 0.2) is 82.6 Å². The van der Waals surface area contributed by atoms with Crippen molar-refractivity contribution >= 4 is 39.1 Å². The fraction of sp³-hybridized carbons (Fsp3) is 0.136. The molecular formula is C22H22N2O3S2. The van der Waals surface area contributed by atoms with Crippen LogP contribution in [0.1, 0.15) is 22.8 Å². The number of rotatable bonds is 7. The summed E-state index contributed by atoms with van der Waals surface area (Å²) in [6.07, 6.45) is 0. The number of carbonyl (C=O) groups excluding carboxylic acids is 1. The zero-order valence-corrected chi connectivity index (χ0v) is 17.8. The number of hydrogen-bond donors (Lipinski definition) is 2. The molecule has 0 aliphatic carbocycles. The molecule has 0 saturated heterocycles. The molecule has 1 amide bonds. The van der Waals surface area contributed by atoms with Crippen LogP contribution in [0.4, 0.5) is 11.4 Å². The molecule has 7 heteroatoms. The van der Waals surface area contributed by atoms with Gasteiger partial charge in [-0.1, -0.05) is 43.3 Å². The van der Waals surface area contributed by atoms with E-state index in [-0.39, 0.29) is 16.4 Å². The van der Waals surface area contributed by atoms with Gasteiger partial charge in [0.05, 0.1) is 10.6 Å². The van der Waals surface area contributed by atoms with E-state index in [4.69, 9.17) is 0 Å². The summed E-state index contributed by atoms with van der Waals surface area (Å²) in [5.74, 6) is 0.524. The van der Waals surface area contributed by atoms with Crippen LogP contribution in [0.2, 0.25) is 0 Å². The number of benzene rings is 3. The van der Waals surface area contributed by atoms with E-state index in [1.807, 2.05) is 37.3 Å². The highest BCUT2D eigenvalue weighted by Crippen LogP contribution is 2.27. The van der Waals surface area contributed by atoms with E-state index in [0.717, 1.165) is 10.6 Å². The van der Waals surface area contributed by atoms with Gasteiger partial charge >= 0.3 is 0 Å². The molecule has 3 aromatic rings. The number of aryl methyl sites for hydroxylation is 1. The molecule has 0 unspecified atom stereocenters. The number of carbonyl (C=O) groups is 1. The second-order valence-corrected chi connectivity index (χ2v) is 9.29. The van der Waals surface area contributed by atoms with E-state index in [2.05, 4.69) is 10.0 Å². The van der Waals surface area contributed by atoms with Crippen molar-refractivity contribution in [2.24, 2.45) is 0 Å². The monoisotopic (exact) mass is 426 g/mol. The molecule has 0 aliphatic heterocycles. The summed E-state index contributed by atoms with van der Waals surface area (Å²) in [5.41, 5.74) is 2.01. The summed E-state index contributed by atoms with van der Waals surface area (Å²) < 4.78 is 28.3. The average Bonchev–Trinajstić information content (AvgIpc) is 2.70. The van der Waals surface area contributed by atoms with Gasteiger partial charge in [0, 0.05) is 16.1 Å². The van der Waals surface area contributed by atoms with Gasteiger partial charge in [0.1, 0.15) is 0 Å². The number of para-hydroxylation sites is 2. The van der Waals surface area contributed by atoms with Crippen molar-refractivity contribution in [1.82, 2.24) is 0 Å². The standard InChI is InChI=1S/C22H22N2O3S2/c1-3-28-20-12-8-7-11-19(20)23-22(25)17-14-13-16(2)21(15-17)29(26,27)24-18-9-5-4-6-10-18/h4-15,24H,3H2,1-2H3,(H,23,25). The van der Waals surface area contributed by atoms with Crippen molar-refractivity contribution < 1.29 is 13.2 Å². The first-order chi connectivity index (χ1) is 13.9. The highest BCUT2D eigenvalue weighted by molar-refractivity contribution is 7.99. The Morgan fingerprint density at radius 3 is 2.38 bits per heavy atom. The minimum atomic E-state index is -3.82. The molecule has 0 fully saturated rings. The van der Waals surface area contributed by atoms with Crippen molar-refractivity contribution in [2.75, 3.05) is 15.8 Å². The molecular weight excluding hydrogens is 404 g/mol. The van der Waals surface area contributed by atoms with E-state index >= 15 is 0 Å². The van der Waals surface area contributed by atoms with Gasteiger partial charge in [-0.15, -0.1) is 11.8 Å². The van der Waals surface area contributed by atoms with Gasteiger partial charge in [-0.25, -0.2) is 8.42 Å². The number of anilines is 2. The highest BCUT2D eigenvalue weighted by Gasteiger charge is 2.20. The lowest BCUT2D eigenvalue weighted by Gasteiger charge is -2.13. The Labute approximate surface area is 175 Å². The topological polar surface area (TPSA) is 75.3 Å². The highest BCUT2D eigenvalue weighted by atomic mass is 32.2. The van der Waals surface area contributed by atoms with E-state index in [0.29, 0.717) is 16.9 Å². The summed E-state index contributed by atoms with van der Waals surface area (Å²) in [7, 11) is -3.82. The Kier molecular flexibility index (Phi) is 6.61. The summed E-state index contributed by atoms with van der Waals surface area (Å²) in [4.78, 5) is 13.8. The van der Waals surface area contributed by atoms with Crippen molar-refractivity contribution in [3.8, 4) is 0 Å². The SMILES string of the molecule is CCSc1ccccc1NC(=O)c1ccc(C)c(S(=O)(=O)Nc2ccccc2)c1. The van der Waals surface area contributed by atoms with Gasteiger partial charge in [-0.05, 0) is 54.6 Å². The lowest BCUT2D eigenvalue weighted by Crippen LogP contribution is -2.17. The van der Waals surface area contributed by atoms with E-state index in [1.165, 1.54) is 6.07 Å². The largest absolute Gasteiger partial charge is 0.321 e. The Balaban J connectivity index is 1.88. The maximum Gasteiger partial charge on any atom is 0.262 e. The Bertz CT molecular complexity index is 1110. The van der Waals surface area contributed by atoms with Crippen LogP contribution in [-0.2, 0) is 10.0 Å². The molecule has 0 aliphatic rings. The fourth-order valence-electron chi connectivity index (χ4n) is 2.79. The van der Waals surface area contributed by atoms with Crippen molar-refractivity contribution in [3.05, 3.63) is 83.9 Å². The fourth-order valence-corrected chi connectivity index (χ4v) is 4.88. The molecule has 3 aromatic carbocycles. The third-order valence-electron chi connectivity index (χ3n) is 4.20. The number of nitrogens with one attached hydrogen (secondary N) is 2. The van der Waals surface area contributed by atoms with E-state index in [9.17, 15) is 13.2 Å². The second-order valence-electron chi connectivity index (χ2n) is 6.34. The first kappa shape index (κ1) is 21.0. The molecule has 0 saturated carbocycles. The third kappa shape index (κ3) is 5.19.